The van der Waals surface area contributed by atoms with E-state index in [1.54, 1.807) is 34.0 Å². The Morgan fingerprint density at radius 2 is 1.57 bits per heavy atom. The molecule has 15 nitrogen and oxygen atoms in total. The zero-order valence-corrected chi connectivity index (χ0v) is 37.6. The number of aliphatic hydroxyl groups is 3. The van der Waals surface area contributed by atoms with Gasteiger partial charge < -0.3 is 48.6 Å². The Morgan fingerprint density at radius 3 is 2.23 bits per heavy atom. The van der Waals surface area contributed by atoms with Gasteiger partial charge in [-0.1, -0.05) is 44.6 Å². The summed E-state index contributed by atoms with van der Waals surface area (Å²) < 4.78 is 34.5. The molecular formula is C46H71NO14. The number of aliphatic hydroxyl groups excluding tert-OH is 2. The Labute approximate surface area is 361 Å². The van der Waals surface area contributed by atoms with Gasteiger partial charge in [0.2, 0.25) is 5.79 Å². The standard InChI is InChI=1S/C46H71NO14/c1-26-19-27(2)21-38(57-7)42-39(58-8)23-29(4)46(55,61-42)43(52)44(53)47-18-11-10-14-33(47)45(54)60-41(28(3)22-31-16-17-34(48)37(24-31)56-6)30(5)35(49)25-36(50)32(20-26)13-12-15-40(51)59-9/h12,15,20,22,27,29-35,37-39,41-42,48-49,55H,10-11,13-14,16-19,21,23-25H2,1-9H3/b15-12+,26-20+,28-22+/t27-,29+,30+,31-,32+,33-,34+,35-,37+,38-,39-,41?,42+,46+/m0/s1. The molecule has 61 heavy (non-hydrogen) atoms. The van der Waals surface area contributed by atoms with E-state index in [1.165, 1.54) is 27.4 Å². The molecule has 0 aromatic heterocycles. The van der Waals surface area contributed by atoms with Crippen molar-refractivity contribution in [2.75, 3.05) is 35.0 Å². The van der Waals surface area contributed by atoms with Crippen LogP contribution in [0.1, 0.15) is 105 Å². The molecule has 15 heteroatoms. The second kappa shape index (κ2) is 22.9. The summed E-state index contributed by atoms with van der Waals surface area (Å²) in [6.45, 7) is 9.05. The van der Waals surface area contributed by atoms with Gasteiger partial charge in [0.05, 0.1) is 37.6 Å². The van der Waals surface area contributed by atoms with Gasteiger partial charge in [0, 0.05) is 58.1 Å². The summed E-state index contributed by atoms with van der Waals surface area (Å²) in [5.74, 6) is -8.95. The maximum absolute atomic E-state index is 14.4. The van der Waals surface area contributed by atoms with E-state index in [-0.39, 0.29) is 56.0 Å². The highest BCUT2D eigenvalue weighted by atomic mass is 16.7. The van der Waals surface area contributed by atoms with Crippen molar-refractivity contribution >= 4 is 29.4 Å². The molecule has 344 valence electrons. The second-order valence-corrected chi connectivity index (χ2v) is 17.9. The number of cyclic esters (lactones) is 1. The van der Waals surface area contributed by atoms with Gasteiger partial charge in [0.1, 0.15) is 24.0 Å². The summed E-state index contributed by atoms with van der Waals surface area (Å²) in [7, 11) is 5.82. The highest BCUT2D eigenvalue weighted by Gasteiger charge is 2.56. The smallest absolute Gasteiger partial charge is 0.330 e. The molecule has 1 unspecified atom stereocenters. The Kier molecular flexibility index (Phi) is 18.9. The molecule has 2 bridgehead atoms. The first kappa shape index (κ1) is 50.3. The average Bonchev–Trinajstić information content (AvgIpc) is 3.24. The van der Waals surface area contributed by atoms with Crippen molar-refractivity contribution in [1.29, 1.82) is 0 Å². The molecule has 14 atom stereocenters. The Hall–Kier alpha value is -3.31. The highest BCUT2D eigenvalue weighted by molar-refractivity contribution is 6.39. The molecular weight excluding hydrogens is 790 g/mol. The van der Waals surface area contributed by atoms with Crippen molar-refractivity contribution in [1.82, 2.24) is 4.90 Å². The minimum absolute atomic E-state index is 0.0486. The molecule has 0 radical (unpaired) electrons. The Morgan fingerprint density at radius 1 is 0.902 bits per heavy atom. The van der Waals surface area contributed by atoms with E-state index in [9.17, 15) is 39.3 Å². The normalized spacial score (nSPS) is 39.1. The summed E-state index contributed by atoms with van der Waals surface area (Å²) in [6.07, 6.45) is 4.97. The largest absolute Gasteiger partial charge is 0.466 e. The third kappa shape index (κ3) is 12.7. The predicted molar refractivity (Wildman–Crippen MR) is 224 cm³/mol. The fourth-order valence-corrected chi connectivity index (χ4v) is 9.62. The predicted octanol–water partition coefficient (Wildman–Crippen LogP) is 4.18. The number of nitrogens with zero attached hydrogens (tertiary/aromatic N) is 1. The third-order valence-corrected chi connectivity index (χ3v) is 13.3. The van der Waals surface area contributed by atoms with Gasteiger partial charge in [-0.25, -0.2) is 9.59 Å². The Bertz CT molecular complexity index is 1630. The Balaban J connectivity index is 1.80. The quantitative estimate of drug-likeness (QED) is 0.136. The van der Waals surface area contributed by atoms with Crippen LogP contribution >= 0.6 is 0 Å². The third-order valence-electron chi connectivity index (χ3n) is 13.3. The number of ether oxygens (including phenoxy) is 6. The average molecular weight is 862 g/mol. The number of methoxy groups -OCH3 is 4. The van der Waals surface area contributed by atoms with E-state index in [0.29, 0.717) is 50.5 Å². The number of carbonyl (C=O) groups is 5. The van der Waals surface area contributed by atoms with Crippen LogP contribution in [-0.2, 0) is 52.4 Å². The number of Topliss-reactive ketones (excluding diaryl/α,β-unsaturated/α-hetero) is 2. The SMILES string of the molecule is COC(=O)/C=C/C[C@@H]1/C=C(\C)C[C@H](C)C[C@H](OC)[C@H]2O[C@@](O)(C(=O)C(=O)N3CCCC[C@H]3C(=O)OC(/C(C)=C/[C@@H]3CC[C@@H](O)[C@H](OC)C3)[C@H](C)[C@@H](O)CC1=O)[C@H](C)C[C@@H]2OC. The van der Waals surface area contributed by atoms with E-state index >= 15 is 0 Å². The lowest BCUT2D eigenvalue weighted by Gasteiger charge is -2.47. The van der Waals surface area contributed by atoms with Gasteiger partial charge in [-0.3, -0.25) is 14.4 Å². The molecule has 3 aliphatic heterocycles. The van der Waals surface area contributed by atoms with Crippen LogP contribution in [0.25, 0.3) is 0 Å². The van der Waals surface area contributed by atoms with Gasteiger partial charge in [0.15, 0.2) is 0 Å². The number of hydrogen-bond acceptors (Lipinski definition) is 14. The van der Waals surface area contributed by atoms with E-state index in [4.69, 9.17) is 28.4 Å². The van der Waals surface area contributed by atoms with Gasteiger partial charge in [-0.2, -0.15) is 0 Å². The zero-order valence-electron chi connectivity index (χ0n) is 37.6. The van der Waals surface area contributed by atoms with Crippen LogP contribution < -0.4 is 0 Å². The maximum Gasteiger partial charge on any atom is 0.330 e. The van der Waals surface area contributed by atoms with E-state index in [1.807, 2.05) is 26.0 Å². The lowest BCUT2D eigenvalue weighted by atomic mass is 9.81. The van der Waals surface area contributed by atoms with Crippen LogP contribution in [0, 0.1) is 29.6 Å². The van der Waals surface area contributed by atoms with Crippen molar-refractivity contribution in [3.63, 3.8) is 0 Å². The highest BCUT2D eigenvalue weighted by Crippen LogP contribution is 2.39. The maximum atomic E-state index is 14.4. The molecule has 0 aromatic carbocycles. The minimum Gasteiger partial charge on any atom is -0.466 e. The van der Waals surface area contributed by atoms with Crippen LogP contribution in [0.2, 0.25) is 0 Å². The molecule has 1 saturated carbocycles. The van der Waals surface area contributed by atoms with Crippen molar-refractivity contribution in [3.05, 3.63) is 35.5 Å². The molecule has 4 rings (SSSR count). The van der Waals surface area contributed by atoms with Crippen LogP contribution in [-0.4, -0.2) is 139 Å². The van der Waals surface area contributed by atoms with Gasteiger partial charge in [0.25, 0.3) is 11.7 Å². The number of ketones is 2. The number of esters is 2. The number of rotatable bonds is 8. The molecule has 3 fully saturated rings. The van der Waals surface area contributed by atoms with Crippen LogP contribution in [0.3, 0.4) is 0 Å². The van der Waals surface area contributed by atoms with E-state index in [2.05, 4.69) is 0 Å². The van der Waals surface area contributed by atoms with Crippen molar-refractivity contribution in [2.45, 2.75) is 160 Å². The molecule has 1 amide bonds. The van der Waals surface area contributed by atoms with Crippen molar-refractivity contribution in [2.24, 2.45) is 29.6 Å². The van der Waals surface area contributed by atoms with Crippen LogP contribution in [0.5, 0.6) is 0 Å². The molecule has 0 spiro atoms. The lowest BCUT2D eigenvalue weighted by Crippen LogP contribution is -2.64. The zero-order chi connectivity index (χ0) is 45.2. The van der Waals surface area contributed by atoms with Crippen molar-refractivity contribution < 1.29 is 67.7 Å². The topological polar surface area (TPSA) is 205 Å². The first-order chi connectivity index (χ1) is 28.9. The molecule has 1 aliphatic carbocycles. The first-order valence-corrected chi connectivity index (χ1v) is 21.9. The van der Waals surface area contributed by atoms with E-state index < -0.39 is 89.8 Å². The minimum atomic E-state index is -2.54. The van der Waals surface area contributed by atoms with Crippen LogP contribution in [0.15, 0.2) is 35.5 Å². The molecule has 0 aromatic rings. The second-order valence-electron chi connectivity index (χ2n) is 17.9. The summed E-state index contributed by atoms with van der Waals surface area (Å²) in [5.41, 5.74) is 1.48. The summed E-state index contributed by atoms with van der Waals surface area (Å²) >= 11 is 0. The van der Waals surface area contributed by atoms with Gasteiger partial charge >= 0.3 is 11.9 Å². The number of piperidine rings is 1. The summed E-state index contributed by atoms with van der Waals surface area (Å²) in [5, 5.41) is 34.3. The number of carbonyl (C=O) groups excluding carboxylic acids is 5. The number of fused-ring (bicyclic) bond motifs is 3. The summed E-state index contributed by atoms with van der Waals surface area (Å²) in [6, 6.07) is -1.18. The van der Waals surface area contributed by atoms with Crippen molar-refractivity contribution in [3.8, 4) is 0 Å². The number of allylic oxidation sites excluding steroid dienone is 4. The number of hydrogen-bond donors (Lipinski definition) is 3. The molecule has 3 heterocycles. The van der Waals surface area contributed by atoms with Gasteiger partial charge in [-0.05, 0) is 95.5 Å². The van der Waals surface area contributed by atoms with Gasteiger partial charge in [-0.15, -0.1) is 0 Å². The van der Waals surface area contributed by atoms with Crippen LogP contribution in [0.4, 0.5) is 0 Å². The monoisotopic (exact) mass is 861 g/mol. The fraction of sp³-hybridized carbons (Fsp3) is 0.761. The molecule has 2 saturated heterocycles. The lowest BCUT2D eigenvalue weighted by molar-refractivity contribution is -0.302. The summed E-state index contributed by atoms with van der Waals surface area (Å²) in [4.78, 5) is 70.2. The fourth-order valence-electron chi connectivity index (χ4n) is 9.62. The number of amides is 1. The molecule has 4 aliphatic rings. The molecule has 3 N–H and O–H groups in total. The first-order valence-electron chi connectivity index (χ1n) is 21.9. The van der Waals surface area contributed by atoms with E-state index in [0.717, 1.165) is 10.5 Å².